The smallest absolute Gasteiger partial charge is 0.485 e. The predicted octanol–water partition coefficient (Wildman–Crippen LogP) is 6.55. The summed E-state index contributed by atoms with van der Waals surface area (Å²) in [7, 11) is 0. The second-order valence-electron chi connectivity index (χ2n) is 8.95. The fourth-order valence-corrected chi connectivity index (χ4v) is 4.80. The van der Waals surface area contributed by atoms with Crippen LogP contribution in [0.5, 0.6) is 11.5 Å². The van der Waals surface area contributed by atoms with E-state index in [1.54, 1.807) is 19.2 Å². The zero-order valence-corrected chi connectivity index (χ0v) is 20.5. The molecular formula is C29H25F3N2O4. The van der Waals surface area contributed by atoms with Gasteiger partial charge in [-0.15, -0.1) is 13.2 Å². The van der Waals surface area contributed by atoms with Gasteiger partial charge in [-0.05, 0) is 77.7 Å². The van der Waals surface area contributed by atoms with Crippen molar-refractivity contribution >= 4 is 22.6 Å². The number of pyridine rings is 1. The average molecular weight is 523 g/mol. The normalized spacial score (nSPS) is 14.8. The summed E-state index contributed by atoms with van der Waals surface area (Å²) < 4.78 is 54.7. The van der Waals surface area contributed by atoms with Crippen LogP contribution in [0.1, 0.15) is 36.1 Å². The minimum absolute atomic E-state index is 0.00890. The molecule has 38 heavy (non-hydrogen) atoms. The summed E-state index contributed by atoms with van der Waals surface area (Å²) in [5.74, 6) is -0.568. The largest absolute Gasteiger partial charge is 0.573 e. The van der Waals surface area contributed by atoms with E-state index in [0.717, 1.165) is 45.5 Å². The second-order valence-corrected chi connectivity index (χ2v) is 8.95. The molecule has 0 radical (unpaired) electrons. The zero-order chi connectivity index (χ0) is 26.9. The molecule has 9 heteroatoms. The van der Waals surface area contributed by atoms with Gasteiger partial charge >= 0.3 is 12.3 Å². The number of rotatable bonds is 7. The van der Waals surface area contributed by atoms with Crippen LogP contribution in [0.4, 0.5) is 19.0 Å². The van der Waals surface area contributed by atoms with Crippen molar-refractivity contribution in [3.63, 3.8) is 0 Å². The van der Waals surface area contributed by atoms with E-state index >= 15 is 0 Å². The Morgan fingerprint density at radius 1 is 1.05 bits per heavy atom. The van der Waals surface area contributed by atoms with Crippen LogP contribution in [0.2, 0.25) is 0 Å². The summed E-state index contributed by atoms with van der Waals surface area (Å²) in [6.45, 7) is 1.73. The number of nitrogen functional groups attached to an aromatic ring is 1. The quantitative estimate of drug-likeness (QED) is 0.277. The molecule has 1 atom stereocenters. The van der Waals surface area contributed by atoms with Crippen LogP contribution in [-0.4, -0.2) is 23.9 Å². The lowest BCUT2D eigenvalue weighted by molar-refractivity contribution is -0.275. The number of benzene rings is 3. The average Bonchev–Trinajstić information content (AvgIpc) is 3.27. The molecule has 1 aromatic heterocycles. The van der Waals surface area contributed by atoms with Crippen molar-refractivity contribution in [2.75, 3.05) is 12.3 Å². The SMILES string of the molecule is CCOC(=O)Cc1c(O[C@@H]2CCc3ccc(-c4ccc5ccnc(N)c5c4)cc32)cccc1OC(F)(F)F. The Morgan fingerprint density at radius 3 is 2.61 bits per heavy atom. The lowest BCUT2D eigenvalue weighted by atomic mass is 9.98. The number of hydrogen-bond acceptors (Lipinski definition) is 6. The first kappa shape index (κ1) is 25.4. The number of carbonyl (C=O) groups excluding carboxylic acids is 1. The summed E-state index contributed by atoms with van der Waals surface area (Å²) in [5.41, 5.74) is 10.00. The number of fused-ring (bicyclic) bond motifs is 2. The zero-order valence-electron chi connectivity index (χ0n) is 20.5. The molecule has 0 unspecified atom stereocenters. The van der Waals surface area contributed by atoms with Gasteiger partial charge in [0, 0.05) is 17.1 Å². The Morgan fingerprint density at radius 2 is 1.82 bits per heavy atom. The van der Waals surface area contributed by atoms with E-state index in [0.29, 0.717) is 12.2 Å². The van der Waals surface area contributed by atoms with Crippen molar-refractivity contribution < 1.29 is 32.2 Å². The van der Waals surface area contributed by atoms with E-state index in [4.69, 9.17) is 15.2 Å². The van der Waals surface area contributed by atoms with Crippen LogP contribution in [0.25, 0.3) is 21.9 Å². The summed E-state index contributed by atoms with van der Waals surface area (Å²) in [4.78, 5) is 16.4. The predicted molar refractivity (Wildman–Crippen MR) is 137 cm³/mol. The number of carbonyl (C=O) groups is 1. The number of halogens is 3. The summed E-state index contributed by atoms with van der Waals surface area (Å²) in [6.07, 6.45) is -2.70. The van der Waals surface area contributed by atoms with Gasteiger partial charge in [-0.2, -0.15) is 0 Å². The monoisotopic (exact) mass is 522 g/mol. The van der Waals surface area contributed by atoms with Gasteiger partial charge in [0.1, 0.15) is 23.4 Å². The van der Waals surface area contributed by atoms with Gasteiger partial charge in [0.2, 0.25) is 0 Å². The maximum absolute atomic E-state index is 13.1. The third kappa shape index (κ3) is 5.37. The first-order valence-corrected chi connectivity index (χ1v) is 12.2. The highest BCUT2D eigenvalue weighted by atomic mass is 19.4. The van der Waals surface area contributed by atoms with Crippen LogP contribution in [0.15, 0.2) is 66.9 Å². The number of aromatic nitrogens is 1. The summed E-state index contributed by atoms with van der Waals surface area (Å²) in [5, 5.41) is 1.84. The van der Waals surface area contributed by atoms with Gasteiger partial charge in [-0.25, -0.2) is 4.98 Å². The third-order valence-corrected chi connectivity index (χ3v) is 6.51. The molecule has 5 rings (SSSR count). The molecule has 3 aromatic carbocycles. The van der Waals surface area contributed by atoms with Gasteiger partial charge < -0.3 is 19.9 Å². The fraction of sp³-hybridized carbons (Fsp3) is 0.241. The van der Waals surface area contributed by atoms with Gasteiger partial charge in [0.15, 0.2) is 0 Å². The maximum atomic E-state index is 13.1. The second kappa shape index (κ2) is 10.2. The van der Waals surface area contributed by atoms with Crippen molar-refractivity contribution in [2.45, 2.75) is 38.7 Å². The molecule has 0 spiro atoms. The number of anilines is 1. The van der Waals surface area contributed by atoms with Gasteiger partial charge in [-0.1, -0.05) is 30.3 Å². The number of esters is 1. The minimum atomic E-state index is -4.92. The van der Waals surface area contributed by atoms with E-state index in [9.17, 15) is 18.0 Å². The topological polar surface area (TPSA) is 83.7 Å². The highest BCUT2D eigenvalue weighted by Gasteiger charge is 2.34. The molecule has 196 valence electrons. The fourth-order valence-electron chi connectivity index (χ4n) is 4.80. The van der Waals surface area contributed by atoms with E-state index in [1.807, 2.05) is 42.5 Å². The highest BCUT2D eigenvalue weighted by molar-refractivity contribution is 5.94. The molecule has 6 nitrogen and oxygen atoms in total. The van der Waals surface area contributed by atoms with Crippen molar-refractivity contribution in [1.82, 2.24) is 4.98 Å². The lowest BCUT2D eigenvalue weighted by Crippen LogP contribution is -2.19. The number of nitrogens with two attached hydrogens (primary N) is 1. The van der Waals surface area contributed by atoms with Crippen LogP contribution in [0, 0.1) is 0 Å². The van der Waals surface area contributed by atoms with E-state index in [1.165, 1.54) is 6.07 Å². The molecular weight excluding hydrogens is 497 g/mol. The molecule has 2 N–H and O–H groups in total. The van der Waals surface area contributed by atoms with Gasteiger partial charge in [-0.3, -0.25) is 4.79 Å². The molecule has 0 fully saturated rings. The van der Waals surface area contributed by atoms with Gasteiger partial charge in [0.25, 0.3) is 0 Å². The van der Waals surface area contributed by atoms with Crippen LogP contribution < -0.4 is 15.2 Å². The van der Waals surface area contributed by atoms with Crippen molar-refractivity contribution in [2.24, 2.45) is 0 Å². The number of aryl methyl sites for hydroxylation is 1. The molecule has 0 aliphatic heterocycles. The van der Waals surface area contributed by atoms with Crippen molar-refractivity contribution in [1.29, 1.82) is 0 Å². The molecule has 0 bridgehead atoms. The lowest BCUT2D eigenvalue weighted by Gasteiger charge is -2.21. The molecule has 1 heterocycles. The molecule has 4 aromatic rings. The van der Waals surface area contributed by atoms with Gasteiger partial charge in [0.05, 0.1) is 13.0 Å². The summed E-state index contributed by atoms with van der Waals surface area (Å²) in [6, 6.07) is 18.1. The minimum Gasteiger partial charge on any atom is -0.485 e. The number of alkyl halides is 3. The van der Waals surface area contributed by atoms with Crippen LogP contribution in [0.3, 0.4) is 0 Å². The molecule has 1 aliphatic rings. The Kier molecular flexibility index (Phi) is 6.84. The molecule has 0 saturated heterocycles. The molecule has 1 aliphatic carbocycles. The Balaban J connectivity index is 1.48. The third-order valence-electron chi connectivity index (χ3n) is 6.51. The first-order chi connectivity index (χ1) is 18.2. The Hall–Kier alpha value is -4.27. The highest BCUT2D eigenvalue weighted by Crippen LogP contribution is 2.41. The van der Waals surface area contributed by atoms with Crippen LogP contribution in [-0.2, 0) is 22.4 Å². The van der Waals surface area contributed by atoms with E-state index < -0.39 is 30.6 Å². The van der Waals surface area contributed by atoms with Crippen molar-refractivity contribution in [3.05, 3.63) is 83.6 Å². The Bertz CT molecular complexity index is 1500. The van der Waals surface area contributed by atoms with E-state index in [2.05, 4.69) is 9.72 Å². The standard InChI is InChI=1S/C29H25F3N2O4/c1-2-36-27(35)16-23-24(4-3-5-26(23)38-29(30,31)32)37-25-11-10-17-6-8-19(14-21(17)25)20-9-7-18-12-13-34-28(33)22(18)15-20/h3-9,12-15,25H,2,10-11,16H2,1H3,(H2,33,34)/t25-/m1/s1. The van der Waals surface area contributed by atoms with Crippen molar-refractivity contribution in [3.8, 4) is 22.6 Å². The number of ether oxygens (including phenoxy) is 3. The molecule has 0 amide bonds. The maximum Gasteiger partial charge on any atom is 0.573 e. The summed E-state index contributed by atoms with van der Waals surface area (Å²) >= 11 is 0. The van der Waals surface area contributed by atoms with E-state index in [-0.39, 0.29) is 17.9 Å². The number of hydrogen-bond donors (Lipinski definition) is 1. The first-order valence-electron chi connectivity index (χ1n) is 12.2. The number of nitrogens with zero attached hydrogens (tertiary/aromatic N) is 1. The molecule has 0 saturated carbocycles. The van der Waals surface area contributed by atoms with Crippen LogP contribution >= 0.6 is 0 Å². The Labute approximate surface area is 217 Å².